The third-order valence-corrected chi connectivity index (χ3v) is 1.43. The van der Waals surface area contributed by atoms with Crippen LogP contribution < -0.4 is 10.6 Å². The van der Waals surface area contributed by atoms with Gasteiger partial charge in [0.1, 0.15) is 0 Å². The number of hydrogen-bond acceptors (Lipinski definition) is 2. The lowest BCUT2D eigenvalue weighted by atomic mass is 10.5. The van der Waals surface area contributed by atoms with Crippen LogP contribution in [-0.2, 0) is 4.79 Å². The predicted molar refractivity (Wildman–Crippen MR) is 50.4 cm³/mol. The summed E-state index contributed by atoms with van der Waals surface area (Å²) in [6.07, 6.45) is 0.884. The van der Waals surface area contributed by atoms with E-state index in [1.54, 1.807) is 14.1 Å². The van der Waals surface area contributed by atoms with Crippen LogP contribution in [0.1, 0.15) is 13.3 Å². The molecule has 0 heterocycles. The maximum atomic E-state index is 11.0. The fourth-order valence-corrected chi connectivity index (χ4v) is 0.615. The van der Waals surface area contributed by atoms with Crippen molar-refractivity contribution >= 4 is 11.9 Å². The van der Waals surface area contributed by atoms with Gasteiger partial charge in [0.25, 0.3) is 0 Å². The molecule has 3 amide bonds. The first kappa shape index (κ1) is 11.7. The maximum Gasteiger partial charge on any atom is 0.315 e. The highest BCUT2D eigenvalue weighted by molar-refractivity contribution is 5.83. The number of hydrogen-bond donors (Lipinski definition) is 2. The second kappa shape index (κ2) is 6.28. The molecule has 0 fully saturated rings. The zero-order valence-electron chi connectivity index (χ0n) is 8.39. The lowest BCUT2D eigenvalue weighted by molar-refractivity contribution is -0.127. The quantitative estimate of drug-likeness (QED) is 0.639. The monoisotopic (exact) mass is 187 g/mol. The predicted octanol–water partition coefficient (Wildman–Crippen LogP) is -0.216. The summed E-state index contributed by atoms with van der Waals surface area (Å²) < 4.78 is 0. The SMILES string of the molecule is CCCNC(=O)NCC(=O)N(C)C. The smallest absolute Gasteiger partial charge is 0.315 e. The summed E-state index contributed by atoms with van der Waals surface area (Å²) in [6.45, 7) is 2.63. The van der Waals surface area contributed by atoms with E-state index < -0.39 is 0 Å². The minimum Gasteiger partial charge on any atom is -0.347 e. The Morgan fingerprint density at radius 2 is 1.85 bits per heavy atom. The van der Waals surface area contributed by atoms with E-state index in [1.165, 1.54) is 4.90 Å². The molecule has 0 aliphatic heterocycles. The van der Waals surface area contributed by atoms with Gasteiger partial charge < -0.3 is 15.5 Å². The molecule has 0 radical (unpaired) electrons. The van der Waals surface area contributed by atoms with Gasteiger partial charge in [-0.1, -0.05) is 6.92 Å². The minimum absolute atomic E-state index is 0.0442. The lowest BCUT2D eigenvalue weighted by Crippen LogP contribution is -2.41. The number of nitrogens with zero attached hydrogens (tertiary/aromatic N) is 1. The van der Waals surface area contributed by atoms with Crippen molar-refractivity contribution in [2.75, 3.05) is 27.2 Å². The highest BCUT2D eigenvalue weighted by Crippen LogP contribution is 1.76. The van der Waals surface area contributed by atoms with Gasteiger partial charge in [0, 0.05) is 20.6 Å². The van der Waals surface area contributed by atoms with Crippen molar-refractivity contribution in [2.24, 2.45) is 0 Å². The Hall–Kier alpha value is -1.26. The molecule has 0 aromatic carbocycles. The second-order valence-electron chi connectivity index (χ2n) is 2.90. The second-order valence-corrected chi connectivity index (χ2v) is 2.90. The average molecular weight is 187 g/mol. The normalized spacial score (nSPS) is 9.15. The lowest BCUT2D eigenvalue weighted by Gasteiger charge is -2.11. The summed E-state index contributed by atoms with van der Waals surface area (Å²) in [5.74, 6) is -0.119. The van der Waals surface area contributed by atoms with Gasteiger partial charge in [-0.3, -0.25) is 4.79 Å². The molecule has 0 aliphatic rings. The van der Waals surface area contributed by atoms with Gasteiger partial charge >= 0.3 is 6.03 Å². The fraction of sp³-hybridized carbons (Fsp3) is 0.750. The highest BCUT2D eigenvalue weighted by atomic mass is 16.2. The van der Waals surface area contributed by atoms with Crippen molar-refractivity contribution in [1.82, 2.24) is 15.5 Å². The molecule has 5 nitrogen and oxygen atoms in total. The standard InChI is InChI=1S/C8H17N3O2/c1-4-5-9-8(13)10-6-7(12)11(2)3/h4-6H2,1-3H3,(H2,9,10,13). The molecule has 2 N–H and O–H groups in total. The van der Waals surface area contributed by atoms with Gasteiger partial charge in [0.2, 0.25) is 5.91 Å². The van der Waals surface area contributed by atoms with Gasteiger partial charge in [-0.25, -0.2) is 4.79 Å². The molecule has 0 saturated heterocycles. The van der Waals surface area contributed by atoms with Crippen molar-refractivity contribution in [3.63, 3.8) is 0 Å². The molecule has 13 heavy (non-hydrogen) atoms. The third kappa shape index (κ3) is 5.95. The molecule has 0 aliphatic carbocycles. The van der Waals surface area contributed by atoms with Crippen LogP contribution in [0.15, 0.2) is 0 Å². The van der Waals surface area contributed by atoms with E-state index in [0.717, 1.165) is 6.42 Å². The highest BCUT2D eigenvalue weighted by Gasteiger charge is 2.05. The summed E-state index contributed by atoms with van der Waals surface area (Å²) in [5, 5.41) is 5.06. The van der Waals surface area contributed by atoms with E-state index in [9.17, 15) is 9.59 Å². The van der Waals surface area contributed by atoms with E-state index >= 15 is 0 Å². The van der Waals surface area contributed by atoms with Crippen LogP contribution in [0.25, 0.3) is 0 Å². The topological polar surface area (TPSA) is 61.4 Å². The van der Waals surface area contributed by atoms with Crippen molar-refractivity contribution in [2.45, 2.75) is 13.3 Å². The van der Waals surface area contributed by atoms with E-state index in [0.29, 0.717) is 6.54 Å². The maximum absolute atomic E-state index is 11.0. The Balaban J connectivity index is 3.52. The molecule has 0 aromatic heterocycles. The number of likely N-dealkylation sites (N-methyl/N-ethyl adjacent to an activating group) is 1. The Morgan fingerprint density at radius 1 is 1.23 bits per heavy atom. The Labute approximate surface area is 78.5 Å². The van der Waals surface area contributed by atoms with Crippen molar-refractivity contribution in [3.05, 3.63) is 0 Å². The molecular formula is C8H17N3O2. The molecule has 0 rings (SSSR count). The van der Waals surface area contributed by atoms with Crippen LogP contribution in [0.3, 0.4) is 0 Å². The molecule has 0 atom stereocenters. The largest absolute Gasteiger partial charge is 0.347 e. The Morgan fingerprint density at radius 3 is 2.31 bits per heavy atom. The molecular weight excluding hydrogens is 170 g/mol. The van der Waals surface area contributed by atoms with Crippen molar-refractivity contribution in [3.8, 4) is 0 Å². The van der Waals surface area contributed by atoms with Gasteiger partial charge in [-0.2, -0.15) is 0 Å². The third-order valence-electron chi connectivity index (χ3n) is 1.43. The first-order valence-electron chi connectivity index (χ1n) is 4.29. The van der Waals surface area contributed by atoms with Crippen LogP contribution >= 0.6 is 0 Å². The number of rotatable bonds is 4. The summed E-state index contributed by atoms with van der Waals surface area (Å²) in [7, 11) is 3.29. The van der Waals surface area contributed by atoms with E-state index in [1.807, 2.05) is 6.92 Å². The Bertz CT molecular complexity index is 180. The molecule has 0 spiro atoms. The summed E-state index contributed by atoms with van der Waals surface area (Å²) in [5.41, 5.74) is 0. The zero-order valence-corrected chi connectivity index (χ0v) is 8.39. The van der Waals surface area contributed by atoms with E-state index in [-0.39, 0.29) is 18.5 Å². The van der Waals surface area contributed by atoms with Crippen LogP contribution in [0.5, 0.6) is 0 Å². The zero-order chi connectivity index (χ0) is 10.3. The molecule has 76 valence electrons. The van der Waals surface area contributed by atoms with Crippen LogP contribution in [0.2, 0.25) is 0 Å². The first-order valence-corrected chi connectivity index (χ1v) is 4.29. The van der Waals surface area contributed by atoms with Gasteiger partial charge in [-0.05, 0) is 6.42 Å². The van der Waals surface area contributed by atoms with Gasteiger partial charge in [0.05, 0.1) is 6.54 Å². The molecule has 5 heteroatoms. The average Bonchev–Trinajstić information content (AvgIpc) is 2.10. The number of carbonyl (C=O) groups excluding carboxylic acids is 2. The van der Waals surface area contributed by atoms with Gasteiger partial charge in [0.15, 0.2) is 0 Å². The van der Waals surface area contributed by atoms with E-state index in [4.69, 9.17) is 0 Å². The van der Waals surface area contributed by atoms with Crippen LogP contribution in [0.4, 0.5) is 4.79 Å². The number of urea groups is 1. The Kier molecular flexibility index (Phi) is 5.67. The summed E-state index contributed by atoms with van der Waals surface area (Å²) in [4.78, 5) is 23.4. The van der Waals surface area contributed by atoms with E-state index in [2.05, 4.69) is 10.6 Å². The summed E-state index contributed by atoms with van der Waals surface area (Å²) >= 11 is 0. The van der Waals surface area contributed by atoms with Crippen molar-refractivity contribution in [1.29, 1.82) is 0 Å². The molecule has 0 unspecified atom stereocenters. The first-order chi connectivity index (χ1) is 6.07. The van der Waals surface area contributed by atoms with Gasteiger partial charge in [-0.15, -0.1) is 0 Å². The van der Waals surface area contributed by atoms with Crippen LogP contribution in [0, 0.1) is 0 Å². The molecule has 0 bridgehead atoms. The summed E-state index contributed by atoms with van der Waals surface area (Å²) in [6, 6.07) is -0.294. The molecule has 0 saturated carbocycles. The van der Waals surface area contributed by atoms with Crippen LogP contribution in [-0.4, -0.2) is 44.0 Å². The number of amides is 3. The molecule has 0 aromatic rings. The number of carbonyl (C=O) groups is 2. The minimum atomic E-state index is -0.294. The van der Waals surface area contributed by atoms with Crippen molar-refractivity contribution < 1.29 is 9.59 Å². The fourth-order valence-electron chi connectivity index (χ4n) is 0.615. The number of nitrogens with one attached hydrogen (secondary N) is 2.